The highest BCUT2D eigenvalue weighted by atomic mass is 127. The third-order valence-corrected chi connectivity index (χ3v) is 3.17. The fraction of sp³-hybridized carbons (Fsp3) is 0. The largest absolute Gasteiger partial charge is 0.504 e. The van der Waals surface area contributed by atoms with E-state index in [1.165, 1.54) is 0 Å². The maximum Gasteiger partial charge on any atom is 0.286 e. The van der Waals surface area contributed by atoms with Gasteiger partial charge in [-0.1, -0.05) is 11.6 Å². The fourth-order valence-corrected chi connectivity index (χ4v) is 1.57. The molecule has 0 amide bonds. The van der Waals surface area contributed by atoms with Gasteiger partial charge in [0, 0.05) is 6.07 Å². The Morgan fingerprint density at radius 2 is 2.23 bits per heavy atom. The quantitative estimate of drug-likeness (QED) is 0.273. The molecule has 13 heavy (non-hydrogen) atoms. The Kier molecular flexibility index (Phi) is 2.81. The molecule has 1 rings (SSSR count). The lowest BCUT2D eigenvalue weighted by molar-refractivity contribution is -0.385. The van der Waals surface area contributed by atoms with Crippen molar-refractivity contribution in [2.75, 3.05) is 5.73 Å². The van der Waals surface area contributed by atoms with Crippen molar-refractivity contribution in [1.29, 1.82) is 0 Å². The van der Waals surface area contributed by atoms with E-state index in [1.807, 2.05) is 0 Å². The molecule has 0 spiro atoms. The zero-order valence-electron chi connectivity index (χ0n) is 6.12. The summed E-state index contributed by atoms with van der Waals surface area (Å²) in [6.45, 7) is 0. The number of nitro groups is 1. The van der Waals surface area contributed by atoms with Gasteiger partial charge in [0.25, 0.3) is 5.69 Å². The van der Waals surface area contributed by atoms with Crippen LogP contribution in [0.4, 0.5) is 11.4 Å². The Morgan fingerprint density at radius 1 is 1.69 bits per heavy atom. The van der Waals surface area contributed by atoms with Crippen LogP contribution in [-0.2, 0) is 0 Å². The monoisotopic (exact) mass is 314 g/mol. The number of nitrogen functional groups attached to an aromatic ring is 1. The number of anilines is 1. The first-order valence-corrected chi connectivity index (χ1v) is 4.51. The van der Waals surface area contributed by atoms with Crippen LogP contribution in [0.5, 0.6) is 5.75 Å². The molecule has 0 bridgehead atoms. The molecule has 0 saturated carbocycles. The molecule has 0 heterocycles. The third-order valence-electron chi connectivity index (χ3n) is 1.39. The van der Waals surface area contributed by atoms with Crippen LogP contribution in [0.15, 0.2) is 6.07 Å². The first kappa shape index (κ1) is 10.3. The predicted molar refractivity (Wildman–Crippen MR) is 56.9 cm³/mol. The van der Waals surface area contributed by atoms with Crippen molar-refractivity contribution in [2.45, 2.75) is 0 Å². The second kappa shape index (κ2) is 3.54. The molecule has 1 aromatic carbocycles. The van der Waals surface area contributed by atoms with Gasteiger partial charge in [-0.05, 0) is 22.6 Å². The lowest BCUT2D eigenvalue weighted by atomic mass is 10.2. The Labute approximate surface area is 91.8 Å². The van der Waals surface area contributed by atoms with Crippen LogP contribution in [0.25, 0.3) is 0 Å². The second-order valence-corrected chi connectivity index (χ2v) is 3.68. The number of nitrogens with zero attached hydrogens (tertiary/aromatic N) is 1. The number of nitrogens with two attached hydrogens (primary N) is 1. The van der Waals surface area contributed by atoms with Gasteiger partial charge in [0.1, 0.15) is 8.59 Å². The molecule has 0 aliphatic carbocycles. The fourth-order valence-electron chi connectivity index (χ4n) is 0.755. The topological polar surface area (TPSA) is 89.4 Å². The zero-order chi connectivity index (χ0) is 10.2. The van der Waals surface area contributed by atoms with Gasteiger partial charge in [0.15, 0.2) is 5.75 Å². The van der Waals surface area contributed by atoms with E-state index in [9.17, 15) is 15.2 Å². The molecule has 3 N–H and O–H groups in total. The van der Waals surface area contributed by atoms with Gasteiger partial charge in [-0.2, -0.15) is 0 Å². The lowest BCUT2D eigenvalue weighted by Gasteiger charge is -2.03. The van der Waals surface area contributed by atoms with Crippen molar-refractivity contribution >= 4 is 45.6 Å². The minimum Gasteiger partial charge on any atom is -0.504 e. The molecule has 0 saturated heterocycles. The maximum absolute atomic E-state index is 10.4. The van der Waals surface area contributed by atoms with Gasteiger partial charge in [0.2, 0.25) is 0 Å². The number of hydrogen-bond acceptors (Lipinski definition) is 4. The molecule has 0 aliphatic rings. The highest BCUT2D eigenvalue weighted by Gasteiger charge is 2.20. The van der Waals surface area contributed by atoms with Crippen molar-refractivity contribution in [3.8, 4) is 5.75 Å². The molecular weight excluding hydrogens is 310 g/mol. The number of phenolic OH excluding ortho intramolecular Hbond substituents is 1. The van der Waals surface area contributed by atoms with Gasteiger partial charge in [-0.15, -0.1) is 0 Å². The van der Waals surface area contributed by atoms with Gasteiger partial charge >= 0.3 is 0 Å². The molecule has 0 radical (unpaired) electrons. The van der Waals surface area contributed by atoms with E-state index in [2.05, 4.69) is 0 Å². The van der Waals surface area contributed by atoms with Crippen LogP contribution < -0.4 is 5.73 Å². The lowest BCUT2D eigenvalue weighted by Crippen LogP contribution is -1.96. The Hall–Kier alpha value is -0.760. The number of aromatic hydroxyl groups is 1. The molecule has 0 atom stereocenters. The van der Waals surface area contributed by atoms with E-state index in [0.717, 1.165) is 6.07 Å². The Balaban J connectivity index is 3.50. The Bertz CT molecular complexity index is 383. The van der Waals surface area contributed by atoms with Gasteiger partial charge < -0.3 is 10.8 Å². The molecule has 5 nitrogen and oxygen atoms in total. The number of halogens is 2. The van der Waals surface area contributed by atoms with Crippen LogP contribution in [0.2, 0.25) is 5.02 Å². The minimum atomic E-state index is -0.608. The molecule has 70 valence electrons. The van der Waals surface area contributed by atoms with Crippen molar-refractivity contribution < 1.29 is 10.0 Å². The first-order valence-electron chi connectivity index (χ1n) is 3.06. The van der Waals surface area contributed by atoms with Gasteiger partial charge in [-0.25, -0.2) is 0 Å². The van der Waals surface area contributed by atoms with E-state index < -0.39 is 4.92 Å². The van der Waals surface area contributed by atoms with E-state index in [-0.39, 0.29) is 25.7 Å². The van der Waals surface area contributed by atoms with Crippen molar-refractivity contribution in [3.05, 3.63) is 24.8 Å². The van der Waals surface area contributed by atoms with Gasteiger partial charge in [-0.3, -0.25) is 10.1 Å². The van der Waals surface area contributed by atoms with Gasteiger partial charge in [0.05, 0.1) is 10.6 Å². The second-order valence-electron chi connectivity index (χ2n) is 2.22. The standard InChI is InChI=1S/C6H4ClIN2O3/c7-4-5(8)3(10(12)13)1-2(9)6(4)11/h1,11H,9H2. The average Bonchev–Trinajstić information content (AvgIpc) is 2.07. The molecule has 1 aromatic rings. The number of benzene rings is 1. The van der Waals surface area contributed by atoms with Crippen LogP contribution in [0.3, 0.4) is 0 Å². The Morgan fingerprint density at radius 3 is 2.69 bits per heavy atom. The van der Waals surface area contributed by atoms with Crippen molar-refractivity contribution in [1.82, 2.24) is 0 Å². The summed E-state index contributed by atoms with van der Waals surface area (Å²) in [6.07, 6.45) is 0. The van der Waals surface area contributed by atoms with E-state index in [1.54, 1.807) is 22.6 Å². The highest BCUT2D eigenvalue weighted by Crippen LogP contribution is 2.39. The van der Waals surface area contributed by atoms with Crippen LogP contribution in [0, 0.1) is 13.7 Å². The molecule has 0 aliphatic heterocycles. The average molecular weight is 314 g/mol. The van der Waals surface area contributed by atoms with E-state index in [0.29, 0.717) is 0 Å². The molecule has 0 fully saturated rings. The minimum absolute atomic E-state index is 0.0905. The normalized spacial score (nSPS) is 10.0. The summed E-state index contributed by atoms with van der Waals surface area (Å²) in [4.78, 5) is 9.83. The number of hydrogen-bond donors (Lipinski definition) is 2. The highest BCUT2D eigenvalue weighted by molar-refractivity contribution is 14.1. The summed E-state index contributed by atoms with van der Waals surface area (Å²) < 4.78 is 0.177. The summed E-state index contributed by atoms with van der Waals surface area (Å²) >= 11 is 7.26. The molecule has 7 heteroatoms. The predicted octanol–water partition coefficient (Wildman–Crippen LogP) is 2.14. The van der Waals surface area contributed by atoms with E-state index >= 15 is 0 Å². The molecule has 0 unspecified atom stereocenters. The molecule has 0 aromatic heterocycles. The number of nitro benzene ring substituents is 1. The summed E-state index contributed by atoms with van der Waals surface area (Å²) in [5, 5.41) is 19.6. The summed E-state index contributed by atoms with van der Waals surface area (Å²) in [7, 11) is 0. The summed E-state index contributed by atoms with van der Waals surface area (Å²) in [6, 6.07) is 1.07. The SMILES string of the molecule is Nc1cc([N+](=O)[O-])c(I)c(Cl)c1O. The van der Waals surface area contributed by atoms with Crippen LogP contribution >= 0.6 is 34.2 Å². The number of rotatable bonds is 1. The first-order chi connectivity index (χ1) is 5.95. The summed E-state index contributed by atoms with van der Waals surface area (Å²) in [5.74, 6) is -0.323. The van der Waals surface area contributed by atoms with Crippen molar-refractivity contribution in [3.63, 3.8) is 0 Å². The maximum atomic E-state index is 10.4. The van der Waals surface area contributed by atoms with E-state index in [4.69, 9.17) is 17.3 Å². The molecular formula is C6H4ClIN2O3. The smallest absolute Gasteiger partial charge is 0.286 e. The van der Waals surface area contributed by atoms with Crippen LogP contribution in [-0.4, -0.2) is 10.0 Å². The van der Waals surface area contributed by atoms with Crippen molar-refractivity contribution in [2.24, 2.45) is 0 Å². The zero-order valence-corrected chi connectivity index (χ0v) is 9.03. The summed E-state index contributed by atoms with van der Waals surface area (Å²) in [5.41, 5.74) is 4.98. The number of phenols is 1. The van der Waals surface area contributed by atoms with Crippen LogP contribution in [0.1, 0.15) is 0 Å². The third kappa shape index (κ3) is 1.78.